The number of ketones is 1. The minimum atomic E-state index is -0.153. The Hall–Kier alpha value is -2.52. The first-order chi connectivity index (χ1) is 11.3. The van der Waals surface area contributed by atoms with E-state index in [1.54, 1.807) is 30.0 Å². The highest BCUT2D eigenvalue weighted by Crippen LogP contribution is 2.29. The van der Waals surface area contributed by atoms with Crippen molar-refractivity contribution in [3.63, 3.8) is 0 Å². The van der Waals surface area contributed by atoms with Gasteiger partial charge in [-0.2, -0.15) is 0 Å². The normalized spacial score (nSPS) is 10.4. The Kier molecular flexibility index (Phi) is 4.79. The van der Waals surface area contributed by atoms with Crippen LogP contribution in [0.3, 0.4) is 0 Å². The highest BCUT2D eigenvalue weighted by molar-refractivity contribution is 7.98. The molecule has 0 fully saturated rings. The van der Waals surface area contributed by atoms with Crippen LogP contribution in [0.5, 0.6) is 5.75 Å². The predicted octanol–water partition coefficient (Wildman–Crippen LogP) is 4.92. The molecule has 23 heavy (non-hydrogen) atoms. The van der Waals surface area contributed by atoms with Crippen LogP contribution >= 0.6 is 11.8 Å². The van der Waals surface area contributed by atoms with Crippen molar-refractivity contribution in [2.45, 2.75) is 10.6 Å². The zero-order valence-corrected chi connectivity index (χ0v) is 13.3. The quantitative estimate of drug-likeness (QED) is 0.536. The van der Waals surface area contributed by atoms with Gasteiger partial charge < -0.3 is 5.11 Å². The molecule has 3 heteroatoms. The number of carbonyl (C=O) groups is 1. The van der Waals surface area contributed by atoms with E-state index >= 15 is 0 Å². The summed E-state index contributed by atoms with van der Waals surface area (Å²) in [6.07, 6.45) is 0. The zero-order valence-electron chi connectivity index (χ0n) is 12.5. The lowest BCUT2D eigenvalue weighted by Crippen LogP contribution is -2.03. The summed E-state index contributed by atoms with van der Waals surface area (Å²) >= 11 is 1.63. The van der Waals surface area contributed by atoms with Gasteiger partial charge in [0.25, 0.3) is 0 Å². The topological polar surface area (TPSA) is 37.3 Å². The molecule has 0 saturated carbocycles. The summed E-state index contributed by atoms with van der Waals surface area (Å²) in [5.74, 6) is 0.658. The number of carbonyl (C=O) groups excluding carboxylic acids is 1. The molecule has 0 saturated heterocycles. The monoisotopic (exact) mass is 320 g/mol. The van der Waals surface area contributed by atoms with Gasteiger partial charge in [-0.15, -0.1) is 11.8 Å². The third kappa shape index (κ3) is 3.63. The molecule has 0 amide bonds. The Balaban J connectivity index is 1.86. The summed E-state index contributed by atoms with van der Waals surface area (Å²) in [4.78, 5) is 13.6. The Morgan fingerprint density at radius 2 is 1.39 bits per heavy atom. The molecule has 0 spiro atoms. The van der Waals surface area contributed by atoms with Gasteiger partial charge in [0, 0.05) is 16.2 Å². The molecular weight excluding hydrogens is 304 g/mol. The van der Waals surface area contributed by atoms with Crippen molar-refractivity contribution < 1.29 is 9.90 Å². The van der Waals surface area contributed by atoms with Gasteiger partial charge >= 0.3 is 0 Å². The van der Waals surface area contributed by atoms with E-state index in [0.717, 1.165) is 10.6 Å². The van der Waals surface area contributed by atoms with Crippen molar-refractivity contribution in [3.8, 4) is 5.75 Å². The summed E-state index contributed by atoms with van der Waals surface area (Å²) in [5.41, 5.74) is 2.16. The summed E-state index contributed by atoms with van der Waals surface area (Å²) < 4.78 is 0. The van der Waals surface area contributed by atoms with E-state index < -0.39 is 0 Å². The average molecular weight is 320 g/mol. The van der Waals surface area contributed by atoms with Gasteiger partial charge in [-0.05, 0) is 29.8 Å². The molecule has 3 aromatic rings. The summed E-state index contributed by atoms with van der Waals surface area (Å²) in [6.45, 7) is 0. The van der Waals surface area contributed by atoms with E-state index in [4.69, 9.17) is 0 Å². The smallest absolute Gasteiger partial charge is 0.197 e. The van der Waals surface area contributed by atoms with Crippen LogP contribution in [0, 0.1) is 0 Å². The second-order valence-corrected chi connectivity index (χ2v) is 6.13. The average Bonchev–Trinajstić information content (AvgIpc) is 2.61. The van der Waals surface area contributed by atoms with E-state index in [0.29, 0.717) is 11.1 Å². The van der Waals surface area contributed by atoms with E-state index in [9.17, 15) is 9.90 Å². The molecule has 0 aliphatic carbocycles. The van der Waals surface area contributed by atoms with Crippen molar-refractivity contribution >= 4 is 17.5 Å². The second kappa shape index (κ2) is 7.16. The molecule has 0 bridgehead atoms. The fourth-order valence-corrected chi connectivity index (χ4v) is 3.33. The van der Waals surface area contributed by atoms with Gasteiger partial charge in [-0.25, -0.2) is 0 Å². The minimum Gasteiger partial charge on any atom is -0.507 e. The molecule has 0 aliphatic heterocycles. The fraction of sp³-hybridized carbons (Fsp3) is 0.0500. The molecule has 3 rings (SSSR count). The number of para-hydroxylation sites is 1. The Labute approximate surface area is 139 Å². The Morgan fingerprint density at radius 3 is 2.13 bits per heavy atom. The maximum Gasteiger partial charge on any atom is 0.197 e. The number of hydrogen-bond donors (Lipinski definition) is 1. The third-order valence-electron chi connectivity index (χ3n) is 3.52. The number of phenolic OH excluding ortho intramolecular Hbond substituents is 1. The van der Waals surface area contributed by atoms with Crippen molar-refractivity contribution in [2.75, 3.05) is 0 Å². The number of rotatable bonds is 5. The summed E-state index contributed by atoms with van der Waals surface area (Å²) in [6, 6.07) is 24.3. The molecule has 3 aromatic carbocycles. The molecule has 1 N–H and O–H groups in total. The lowest BCUT2D eigenvalue weighted by molar-refractivity contribution is 0.103. The molecule has 0 heterocycles. The van der Waals surface area contributed by atoms with Crippen LogP contribution < -0.4 is 0 Å². The maximum absolute atomic E-state index is 12.7. The molecule has 2 nitrogen and oxygen atoms in total. The molecule has 0 unspecified atom stereocenters. The lowest BCUT2D eigenvalue weighted by Gasteiger charge is -2.09. The fourth-order valence-electron chi connectivity index (χ4n) is 2.33. The van der Waals surface area contributed by atoms with Gasteiger partial charge in [0.2, 0.25) is 0 Å². The van der Waals surface area contributed by atoms with Crippen LogP contribution in [-0.4, -0.2) is 10.9 Å². The molecule has 0 aromatic heterocycles. The van der Waals surface area contributed by atoms with Crippen molar-refractivity contribution in [3.05, 3.63) is 95.6 Å². The highest BCUT2D eigenvalue weighted by atomic mass is 32.2. The lowest BCUT2D eigenvalue weighted by atomic mass is 10.0. The van der Waals surface area contributed by atoms with E-state index in [1.807, 2.05) is 42.5 Å². The van der Waals surface area contributed by atoms with Gasteiger partial charge in [0.1, 0.15) is 5.75 Å². The van der Waals surface area contributed by atoms with E-state index in [2.05, 4.69) is 12.1 Å². The number of hydrogen-bond acceptors (Lipinski definition) is 3. The maximum atomic E-state index is 12.7. The zero-order chi connectivity index (χ0) is 16.1. The number of phenols is 1. The Morgan fingerprint density at radius 1 is 0.783 bits per heavy atom. The first-order valence-corrected chi connectivity index (χ1v) is 8.33. The van der Waals surface area contributed by atoms with Gasteiger partial charge in [-0.3, -0.25) is 4.79 Å². The Bertz CT molecular complexity index is 813. The largest absolute Gasteiger partial charge is 0.507 e. The number of aromatic hydroxyl groups is 1. The van der Waals surface area contributed by atoms with Gasteiger partial charge in [0.15, 0.2) is 5.78 Å². The van der Waals surface area contributed by atoms with E-state index in [-0.39, 0.29) is 11.5 Å². The molecule has 0 atom stereocenters. The number of benzene rings is 3. The molecule has 114 valence electrons. The first kappa shape index (κ1) is 15.4. The minimum absolute atomic E-state index is 0.0142. The highest BCUT2D eigenvalue weighted by Gasteiger charge is 2.16. The second-order valence-electron chi connectivity index (χ2n) is 5.12. The third-order valence-corrected chi connectivity index (χ3v) is 4.66. The predicted molar refractivity (Wildman–Crippen MR) is 94.0 cm³/mol. The van der Waals surface area contributed by atoms with Gasteiger partial charge in [-0.1, -0.05) is 54.6 Å². The van der Waals surface area contributed by atoms with Crippen molar-refractivity contribution in [1.29, 1.82) is 0 Å². The van der Waals surface area contributed by atoms with Crippen LogP contribution in [-0.2, 0) is 5.75 Å². The van der Waals surface area contributed by atoms with Gasteiger partial charge in [0.05, 0.1) is 5.56 Å². The molecule has 0 aliphatic rings. The van der Waals surface area contributed by atoms with Crippen LogP contribution in [0.25, 0.3) is 0 Å². The molecule has 0 radical (unpaired) electrons. The first-order valence-electron chi connectivity index (χ1n) is 7.34. The summed E-state index contributed by atoms with van der Waals surface area (Å²) in [5, 5.41) is 9.91. The van der Waals surface area contributed by atoms with Crippen LogP contribution in [0.2, 0.25) is 0 Å². The summed E-state index contributed by atoms with van der Waals surface area (Å²) in [7, 11) is 0. The van der Waals surface area contributed by atoms with Crippen LogP contribution in [0.15, 0.2) is 83.8 Å². The van der Waals surface area contributed by atoms with Crippen LogP contribution in [0.4, 0.5) is 0 Å². The van der Waals surface area contributed by atoms with Crippen LogP contribution in [0.1, 0.15) is 21.5 Å². The van der Waals surface area contributed by atoms with E-state index in [1.165, 1.54) is 11.6 Å². The molecular formula is C20H16O2S. The standard InChI is InChI=1S/C20H16O2S/c21-18-12-6-4-10-16(18)20(22)17-11-5-7-13-19(17)23-14-15-8-2-1-3-9-15/h1-13,21H,14H2. The van der Waals surface area contributed by atoms with Crippen molar-refractivity contribution in [1.82, 2.24) is 0 Å². The SMILES string of the molecule is O=C(c1ccccc1O)c1ccccc1SCc1ccccc1. The number of thioether (sulfide) groups is 1. The van der Waals surface area contributed by atoms with Crippen molar-refractivity contribution in [2.24, 2.45) is 0 Å².